The lowest BCUT2D eigenvalue weighted by molar-refractivity contribution is -0.140. The second-order valence-corrected chi connectivity index (χ2v) is 7.43. The van der Waals surface area contributed by atoms with Gasteiger partial charge in [-0.25, -0.2) is 0 Å². The van der Waals surface area contributed by atoms with Gasteiger partial charge in [0, 0.05) is 19.0 Å². The van der Waals surface area contributed by atoms with E-state index in [2.05, 4.69) is 5.32 Å². The van der Waals surface area contributed by atoms with Gasteiger partial charge < -0.3 is 15.0 Å². The highest BCUT2D eigenvalue weighted by Gasteiger charge is 2.25. The Morgan fingerprint density at radius 1 is 0.966 bits per heavy atom. The number of para-hydroxylation sites is 1. The lowest BCUT2D eigenvalue weighted by atomic mass is 10.1. The van der Waals surface area contributed by atoms with Crippen LogP contribution in [-0.4, -0.2) is 41.9 Å². The van der Waals surface area contributed by atoms with Gasteiger partial charge in [-0.1, -0.05) is 48.5 Å². The Morgan fingerprint density at radius 3 is 2.21 bits per heavy atom. The summed E-state index contributed by atoms with van der Waals surface area (Å²) in [6.07, 6.45) is 1.67. The average Bonchev–Trinajstić information content (AvgIpc) is 2.72. The molecule has 156 valence electrons. The first-order chi connectivity index (χ1) is 14.0. The molecule has 0 heterocycles. The van der Waals surface area contributed by atoms with Crippen molar-refractivity contribution in [3.63, 3.8) is 0 Å². The summed E-state index contributed by atoms with van der Waals surface area (Å²) in [5, 5.41) is 2.91. The van der Waals surface area contributed by atoms with Gasteiger partial charge in [0.1, 0.15) is 11.8 Å². The zero-order valence-electron chi connectivity index (χ0n) is 17.6. The quantitative estimate of drug-likeness (QED) is 0.587. The zero-order chi connectivity index (χ0) is 21.1. The fourth-order valence-electron chi connectivity index (χ4n) is 3.05. The van der Waals surface area contributed by atoms with Crippen molar-refractivity contribution in [1.29, 1.82) is 0 Å². The zero-order valence-corrected chi connectivity index (χ0v) is 17.6. The van der Waals surface area contributed by atoms with Crippen LogP contribution >= 0.6 is 0 Å². The minimum absolute atomic E-state index is 0.0241. The molecule has 0 aliphatic rings. The summed E-state index contributed by atoms with van der Waals surface area (Å²) in [4.78, 5) is 27.1. The molecule has 2 aromatic carbocycles. The maximum Gasteiger partial charge on any atom is 0.242 e. The van der Waals surface area contributed by atoms with Crippen molar-refractivity contribution in [3.8, 4) is 5.75 Å². The average molecular weight is 397 g/mol. The van der Waals surface area contributed by atoms with E-state index in [4.69, 9.17) is 4.74 Å². The molecule has 2 amide bonds. The van der Waals surface area contributed by atoms with Crippen LogP contribution in [0.2, 0.25) is 0 Å². The van der Waals surface area contributed by atoms with Crippen LogP contribution in [0.15, 0.2) is 60.7 Å². The fraction of sp³-hybridized carbons (Fsp3) is 0.417. The molecule has 0 unspecified atom stereocenters. The largest absolute Gasteiger partial charge is 0.494 e. The third kappa shape index (κ3) is 7.98. The number of nitrogens with zero attached hydrogens (tertiary/aromatic N) is 1. The number of amides is 2. The molecule has 0 aliphatic carbocycles. The molecule has 1 atom stereocenters. The van der Waals surface area contributed by atoms with Crippen LogP contribution in [0.25, 0.3) is 0 Å². The Balaban J connectivity index is 1.92. The molecule has 0 spiro atoms. The molecule has 5 heteroatoms. The highest BCUT2D eigenvalue weighted by Crippen LogP contribution is 2.11. The van der Waals surface area contributed by atoms with Gasteiger partial charge in [-0.2, -0.15) is 0 Å². The molecule has 0 aromatic heterocycles. The van der Waals surface area contributed by atoms with E-state index in [-0.39, 0.29) is 17.9 Å². The Bertz CT molecular complexity index is 747. The number of hydrogen-bond donors (Lipinski definition) is 1. The summed E-state index contributed by atoms with van der Waals surface area (Å²) in [5.74, 6) is 0.650. The van der Waals surface area contributed by atoms with Crippen molar-refractivity contribution in [2.24, 2.45) is 0 Å². The second-order valence-electron chi connectivity index (χ2n) is 7.43. The predicted molar refractivity (Wildman–Crippen MR) is 116 cm³/mol. The molecule has 5 nitrogen and oxygen atoms in total. The van der Waals surface area contributed by atoms with Crippen molar-refractivity contribution in [2.75, 3.05) is 13.2 Å². The van der Waals surface area contributed by atoms with Crippen molar-refractivity contribution in [1.82, 2.24) is 10.2 Å². The van der Waals surface area contributed by atoms with E-state index in [1.54, 1.807) is 11.8 Å². The van der Waals surface area contributed by atoms with Gasteiger partial charge in [0.2, 0.25) is 11.8 Å². The minimum atomic E-state index is -0.511. The van der Waals surface area contributed by atoms with Crippen molar-refractivity contribution >= 4 is 11.8 Å². The summed E-state index contributed by atoms with van der Waals surface area (Å²) in [6, 6.07) is 19.1. The third-order valence-electron chi connectivity index (χ3n) is 4.63. The number of hydrogen-bond acceptors (Lipinski definition) is 3. The van der Waals surface area contributed by atoms with Crippen LogP contribution in [-0.2, 0) is 16.0 Å². The highest BCUT2D eigenvalue weighted by molar-refractivity contribution is 5.87. The van der Waals surface area contributed by atoms with Crippen LogP contribution in [0.5, 0.6) is 5.75 Å². The highest BCUT2D eigenvalue weighted by atomic mass is 16.5. The van der Waals surface area contributed by atoms with Gasteiger partial charge in [-0.15, -0.1) is 0 Å². The van der Waals surface area contributed by atoms with E-state index in [9.17, 15) is 9.59 Å². The van der Waals surface area contributed by atoms with E-state index in [0.29, 0.717) is 32.4 Å². The number of rotatable bonds is 11. The first-order valence-corrected chi connectivity index (χ1v) is 10.3. The summed E-state index contributed by atoms with van der Waals surface area (Å²) in [6.45, 7) is 6.61. The van der Waals surface area contributed by atoms with Crippen LogP contribution < -0.4 is 10.1 Å². The number of nitrogens with one attached hydrogen (secondary N) is 1. The van der Waals surface area contributed by atoms with E-state index >= 15 is 0 Å². The van der Waals surface area contributed by atoms with Crippen molar-refractivity contribution < 1.29 is 14.3 Å². The van der Waals surface area contributed by atoms with Crippen molar-refractivity contribution in [3.05, 3.63) is 66.2 Å². The molecule has 2 rings (SSSR count). The molecule has 0 saturated heterocycles. The molecule has 0 aliphatic heterocycles. The van der Waals surface area contributed by atoms with E-state index in [1.807, 2.05) is 74.5 Å². The lowest BCUT2D eigenvalue weighted by Gasteiger charge is -2.29. The Kier molecular flexibility index (Phi) is 9.22. The number of carbonyl (C=O) groups excluding carboxylic acids is 2. The SMILES string of the molecule is CC(C)NC(=O)[C@@H](C)N(CCc1ccccc1)C(=O)CCCOc1ccccc1. The van der Waals surface area contributed by atoms with Crippen LogP contribution in [0.4, 0.5) is 0 Å². The maximum absolute atomic E-state index is 12.9. The molecule has 2 aromatic rings. The standard InChI is InChI=1S/C24H32N2O3/c1-19(2)25-24(28)20(3)26(17-16-21-11-6-4-7-12-21)23(27)15-10-18-29-22-13-8-5-9-14-22/h4-9,11-14,19-20H,10,15-18H2,1-3H3,(H,25,28)/t20-/m1/s1. The summed E-state index contributed by atoms with van der Waals surface area (Å²) in [5.41, 5.74) is 1.15. The monoisotopic (exact) mass is 396 g/mol. The Labute approximate surface area is 174 Å². The molecular weight excluding hydrogens is 364 g/mol. The van der Waals surface area contributed by atoms with Crippen LogP contribution in [0.1, 0.15) is 39.2 Å². The van der Waals surface area contributed by atoms with Gasteiger partial charge in [0.15, 0.2) is 0 Å². The topological polar surface area (TPSA) is 58.6 Å². The van der Waals surface area contributed by atoms with Crippen molar-refractivity contribution in [2.45, 2.75) is 52.1 Å². The molecule has 0 fully saturated rings. The first kappa shape index (κ1) is 22.5. The van der Waals surface area contributed by atoms with Gasteiger partial charge in [0.05, 0.1) is 6.61 Å². The smallest absolute Gasteiger partial charge is 0.242 e. The van der Waals surface area contributed by atoms with Crippen LogP contribution in [0, 0.1) is 0 Å². The fourth-order valence-corrected chi connectivity index (χ4v) is 3.05. The number of ether oxygens (including phenoxy) is 1. The molecular formula is C24H32N2O3. The van der Waals surface area contributed by atoms with E-state index in [1.165, 1.54) is 0 Å². The lowest BCUT2D eigenvalue weighted by Crippen LogP contribution is -2.50. The minimum Gasteiger partial charge on any atom is -0.494 e. The maximum atomic E-state index is 12.9. The van der Waals surface area contributed by atoms with Gasteiger partial charge >= 0.3 is 0 Å². The number of benzene rings is 2. The molecule has 29 heavy (non-hydrogen) atoms. The van der Waals surface area contributed by atoms with Gasteiger partial charge in [0.25, 0.3) is 0 Å². The normalized spacial score (nSPS) is 11.7. The summed E-state index contributed by atoms with van der Waals surface area (Å²) < 4.78 is 5.68. The molecule has 1 N–H and O–H groups in total. The van der Waals surface area contributed by atoms with Crippen LogP contribution in [0.3, 0.4) is 0 Å². The summed E-state index contributed by atoms with van der Waals surface area (Å²) >= 11 is 0. The Morgan fingerprint density at radius 2 is 1.59 bits per heavy atom. The third-order valence-corrected chi connectivity index (χ3v) is 4.63. The van der Waals surface area contributed by atoms with E-state index in [0.717, 1.165) is 11.3 Å². The molecule has 0 radical (unpaired) electrons. The number of carbonyl (C=O) groups is 2. The van der Waals surface area contributed by atoms with Gasteiger partial charge in [-0.05, 0) is 51.3 Å². The van der Waals surface area contributed by atoms with Gasteiger partial charge in [-0.3, -0.25) is 9.59 Å². The first-order valence-electron chi connectivity index (χ1n) is 10.3. The van der Waals surface area contributed by atoms with E-state index < -0.39 is 6.04 Å². The second kappa shape index (κ2) is 11.9. The molecule has 0 saturated carbocycles. The predicted octanol–water partition coefficient (Wildman–Crippen LogP) is 3.83. The Hall–Kier alpha value is -2.82. The summed E-state index contributed by atoms with van der Waals surface area (Å²) in [7, 11) is 0. The molecule has 0 bridgehead atoms.